The summed E-state index contributed by atoms with van der Waals surface area (Å²) in [6.07, 6.45) is 1.63. The highest BCUT2D eigenvalue weighted by atomic mass is 32.1. The first-order valence-corrected chi connectivity index (χ1v) is 8.80. The van der Waals surface area contributed by atoms with Gasteiger partial charge in [0.2, 0.25) is 0 Å². The second-order valence-electron chi connectivity index (χ2n) is 6.05. The third kappa shape index (κ3) is 2.55. The van der Waals surface area contributed by atoms with E-state index in [9.17, 15) is 14.7 Å². The van der Waals surface area contributed by atoms with Gasteiger partial charge in [-0.1, -0.05) is 0 Å². The number of nitrogens with zero attached hydrogens (tertiary/aromatic N) is 2. The minimum Gasteiger partial charge on any atom is -0.491 e. The number of pyridine rings is 1. The summed E-state index contributed by atoms with van der Waals surface area (Å²) in [7, 11) is 0. The molecule has 0 spiro atoms. The minimum absolute atomic E-state index is 0.0572. The number of carbonyl (C=O) groups is 2. The monoisotopic (exact) mass is 369 g/mol. The molecule has 4 rings (SSSR count). The maximum Gasteiger partial charge on any atom is 0.348 e. The van der Waals surface area contributed by atoms with Crippen LogP contribution in [0.3, 0.4) is 0 Å². The number of carbonyl (C=O) groups excluding carboxylic acids is 1. The molecule has 132 valence electrons. The van der Waals surface area contributed by atoms with Gasteiger partial charge in [0.05, 0.1) is 28.6 Å². The van der Waals surface area contributed by atoms with Crippen molar-refractivity contribution in [3.05, 3.63) is 41.4 Å². The predicted octanol–water partition coefficient (Wildman–Crippen LogP) is 4.47. The Hall–Kier alpha value is -3.13. The standard InChI is InChI=1S/C18H15N3O4S/c1-9(2)25-11-5-3-10(4-6-11)21-12-7-8-19-16-13(12)14(20-18(21)24)15(26-16)17(22)23/h3-9H,1-2H3,(H,20,24)(H,22,23). The Balaban J connectivity index is 1.83. The van der Waals surface area contributed by atoms with E-state index in [4.69, 9.17) is 4.74 Å². The van der Waals surface area contributed by atoms with E-state index in [-0.39, 0.29) is 11.0 Å². The molecule has 1 aliphatic heterocycles. The molecular weight excluding hydrogens is 354 g/mol. The quantitative estimate of drug-likeness (QED) is 0.708. The number of anilines is 3. The second-order valence-corrected chi connectivity index (χ2v) is 7.05. The number of hydrogen-bond donors (Lipinski definition) is 2. The van der Waals surface area contributed by atoms with Gasteiger partial charge < -0.3 is 15.2 Å². The molecule has 2 amide bonds. The van der Waals surface area contributed by atoms with Gasteiger partial charge in [0.15, 0.2) is 0 Å². The van der Waals surface area contributed by atoms with Crippen molar-refractivity contribution in [3.8, 4) is 5.75 Å². The lowest BCUT2D eigenvalue weighted by Gasteiger charge is -2.28. The number of benzene rings is 1. The molecule has 0 saturated heterocycles. The molecule has 0 saturated carbocycles. The Labute approximate surface area is 152 Å². The number of nitrogens with one attached hydrogen (secondary N) is 1. The third-order valence-corrected chi connectivity index (χ3v) is 4.99. The van der Waals surface area contributed by atoms with Crippen LogP contribution in [0.4, 0.5) is 21.9 Å². The van der Waals surface area contributed by atoms with Crippen molar-refractivity contribution in [2.45, 2.75) is 20.0 Å². The summed E-state index contributed by atoms with van der Waals surface area (Å²) >= 11 is 1.05. The number of urea groups is 1. The van der Waals surface area contributed by atoms with Crippen molar-refractivity contribution in [1.82, 2.24) is 4.98 Å². The van der Waals surface area contributed by atoms with E-state index < -0.39 is 12.0 Å². The fraction of sp³-hybridized carbons (Fsp3) is 0.167. The van der Waals surface area contributed by atoms with Gasteiger partial charge in [-0.25, -0.2) is 14.6 Å². The van der Waals surface area contributed by atoms with Crippen LogP contribution in [-0.2, 0) is 0 Å². The van der Waals surface area contributed by atoms with Crippen LogP contribution in [0.2, 0.25) is 0 Å². The first-order valence-electron chi connectivity index (χ1n) is 7.98. The number of aromatic nitrogens is 1. The van der Waals surface area contributed by atoms with Gasteiger partial charge in [0, 0.05) is 6.20 Å². The molecule has 8 heteroatoms. The molecule has 7 nitrogen and oxygen atoms in total. The smallest absolute Gasteiger partial charge is 0.348 e. The fourth-order valence-corrected chi connectivity index (χ4v) is 3.90. The Morgan fingerprint density at radius 1 is 1.27 bits per heavy atom. The van der Waals surface area contributed by atoms with E-state index in [2.05, 4.69) is 10.3 Å². The van der Waals surface area contributed by atoms with Crippen molar-refractivity contribution in [3.63, 3.8) is 0 Å². The minimum atomic E-state index is -1.09. The molecule has 0 unspecified atom stereocenters. The first-order chi connectivity index (χ1) is 12.5. The number of amides is 2. The summed E-state index contributed by atoms with van der Waals surface area (Å²) in [5.41, 5.74) is 1.57. The van der Waals surface area contributed by atoms with E-state index in [1.165, 1.54) is 4.90 Å². The molecule has 0 radical (unpaired) electrons. The second kappa shape index (κ2) is 5.99. The average molecular weight is 369 g/mol. The molecule has 0 fully saturated rings. The number of ether oxygens (including phenoxy) is 1. The lowest BCUT2D eigenvalue weighted by Crippen LogP contribution is -2.34. The summed E-state index contributed by atoms with van der Waals surface area (Å²) < 4.78 is 5.63. The predicted molar refractivity (Wildman–Crippen MR) is 99.9 cm³/mol. The molecule has 2 N–H and O–H groups in total. The number of aromatic carboxylic acids is 1. The van der Waals surface area contributed by atoms with Gasteiger partial charge in [-0.15, -0.1) is 11.3 Å². The average Bonchev–Trinajstić information content (AvgIpc) is 2.96. The van der Waals surface area contributed by atoms with Crippen LogP contribution in [0.5, 0.6) is 5.75 Å². The van der Waals surface area contributed by atoms with Crippen LogP contribution >= 0.6 is 11.3 Å². The molecule has 2 aromatic heterocycles. The van der Waals surface area contributed by atoms with Crippen molar-refractivity contribution < 1.29 is 19.4 Å². The lowest BCUT2D eigenvalue weighted by atomic mass is 10.1. The van der Waals surface area contributed by atoms with E-state index in [0.29, 0.717) is 33.0 Å². The number of rotatable bonds is 4. The Morgan fingerprint density at radius 2 is 2.00 bits per heavy atom. The number of hydrogen-bond acceptors (Lipinski definition) is 5. The zero-order valence-electron chi connectivity index (χ0n) is 14.0. The summed E-state index contributed by atoms with van der Waals surface area (Å²) in [4.78, 5) is 30.6. The Kier molecular flexibility index (Phi) is 3.77. The summed E-state index contributed by atoms with van der Waals surface area (Å²) in [5, 5.41) is 12.7. The zero-order valence-corrected chi connectivity index (χ0v) is 14.8. The third-order valence-electron chi connectivity index (χ3n) is 3.91. The number of thiophene rings is 1. The molecule has 0 atom stereocenters. The lowest BCUT2D eigenvalue weighted by molar-refractivity contribution is 0.0703. The van der Waals surface area contributed by atoms with Gasteiger partial charge in [-0.05, 0) is 44.2 Å². The molecule has 0 aliphatic carbocycles. The summed E-state index contributed by atoms with van der Waals surface area (Å²) in [6, 6.07) is 8.47. The van der Waals surface area contributed by atoms with Crippen molar-refractivity contribution >= 4 is 50.6 Å². The van der Waals surface area contributed by atoms with Gasteiger partial charge in [-0.2, -0.15) is 0 Å². The molecule has 26 heavy (non-hydrogen) atoms. The van der Waals surface area contributed by atoms with E-state index in [1.807, 2.05) is 13.8 Å². The summed E-state index contributed by atoms with van der Waals surface area (Å²) in [5.74, 6) is -0.372. The Bertz CT molecular complexity index is 1030. The van der Waals surface area contributed by atoms with Crippen molar-refractivity contribution in [2.24, 2.45) is 0 Å². The first kappa shape index (κ1) is 16.3. The number of carboxylic acids is 1. The van der Waals surface area contributed by atoms with Crippen molar-refractivity contribution in [2.75, 3.05) is 10.2 Å². The highest BCUT2D eigenvalue weighted by Gasteiger charge is 2.32. The van der Waals surface area contributed by atoms with Crippen LogP contribution in [-0.4, -0.2) is 28.2 Å². The topological polar surface area (TPSA) is 91.8 Å². The molecule has 1 aliphatic rings. The molecule has 3 aromatic rings. The molecule has 0 bridgehead atoms. The Morgan fingerprint density at radius 3 is 2.65 bits per heavy atom. The van der Waals surface area contributed by atoms with Crippen LogP contribution in [0, 0.1) is 0 Å². The van der Waals surface area contributed by atoms with Crippen molar-refractivity contribution in [1.29, 1.82) is 0 Å². The van der Waals surface area contributed by atoms with Gasteiger partial charge in [0.25, 0.3) is 0 Å². The SMILES string of the molecule is CC(C)Oc1ccc(N2C(=O)Nc3c(C(=O)O)sc4nccc2c34)cc1. The molecular formula is C18H15N3O4S. The van der Waals surface area contributed by atoms with Gasteiger partial charge in [-0.3, -0.25) is 4.90 Å². The number of carboxylic acid groups (broad SMARTS) is 1. The molecule has 3 heterocycles. The fourth-order valence-electron chi connectivity index (χ4n) is 2.94. The van der Waals surface area contributed by atoms with E-state index >= 15 is 0 Å². The van der Waals surface area contributed by atoms with Crippen LogP contribution in [0.25, 0.3) is 10.2 Å². The normalized spacial score (nSPS) is 13.2. The van der Waals surface area contributed by atoms with Gasteiger partial charge in [0.1, 0.15) is 15.5 Å². The van der Waals surface area contributed by atoms with E-state index in [1.54, 1.807) is 36.5 Å². The highest BCUT2D eigenvalue weighted by molar-refractivity contribution is 7.21. The van der Waals surface area contributed by atoms with Crippen LogP contribution < -0.4 is 15.0 Å². The summed E-state index contributed by atoms with van der Waals surface area (Å²) in [6.45, 7) is 3.88. The van der Waals surface area contributed by atoms with E-state index in [0.717, 1.165) is 11.3 Å². The largest absolute Gasteiger partial charge is 0.491 e. The maximum absolute atomic E-state index is 12.7. The highest BCUT2D eigenvalue weighted by Crippen LogP contribution is 2.45. The molecule has 1 aromatic carbocycles. The van der Waals surface area contributed by atoms with Crippen LogP contribution in [0.15, 0.2) is 36.5 Å². The van der Waals surface area contributed by atoms with Crippen LogP contribution in [0.1, 0.15) is 23.5 Å². The van der Waals surface area contributed by atoms with Gasteiger partial charge >= 0.3 is 12.0 Å². The maximum atomic E-state index is 12.7. The zero-order chi connectivity index (χ0) is 18.4.